The van der Waals surface area contributed by atoms with Gasteiger partial charge in [-0.1, -0.05) is 72.6 Å². The van der Waals surface area contributed by atoms with Gasteiger partial charge >= 0.3 is 0 Å². The van der Waals surface area contributed by atoms with Gasteiger partial charge in [0.05, 0.1) is 18.2 Å². The van der Waals surface area contributed by atoms with Crippen LogP contribution in [0, 0.1) is 29.5 Å². The van der Waals surface area contributed by atoms with Gasteiger partial charge in [-0.2, -0.15) is 0 Å². The van der Waals surface area contributed by atoms with Crippen molar-refractivity contribution in [2.45, 2.75) is 108 Å². The minimum absolute atomic E-state index is 0.00619. The normalized spacial score (nSPS) is 24.7. The summed E-state index contributed by atoms with van der Waals surface area (Å²) in [5.41, 5.74) is 2.89. The van der Waals surface area contributed by atoms with Crippen LogP contribution in [0.2, 0.25) is 0 Å². The molecule has 2 fully saturated rings. The Labute approximate surface area is 365 Å². The Hall–Kier alpha value is -5.03. The van der Waals surface area contributed by atoms with Crippen LogP contribution in [0.25, 0.3) is 10.8 Å². The number of aliphatic hydroxyl groups is 2. The Kier molecular flexibility index (Phi) is 13.2. The van der Waals surface area contributed by atoms with Crippen molar-refractivity contribution in [2.75, 3.05) is 19.8 Å². The molecule has 0 radical (unpaired) electrons. The number of hydrogen-bond acceptors (Lipinski definition) is 8. The van der Waals surface area contributed by atoms with E-state index in [1.165, 1.54) is 12.1 Å². The lowest BCUT2D eigenvalue weighted by Gasteiger charge is -2.60. The number of rotatable bonds is 18. The molecule has 0 bridgehead atoms. The summed E-state index contributed by atoms with van der Waals surface area (Å²) in [6, 6.07) is 26.0. The summed E-state index contributed by atoms with van der Waals surface area (Å²) in [7, 11) is 0. The summed E-state index contributed by atoms with van der Waals surface area (Å²) in [4.78, 5) is 23.0. The largest absolute Gasteiger partial charge is 0.459 e. The van der Waals surface area contributed by atoms with E-state index in [1.54, 1.807) is 18.2 Å². The molecule has 2 saturated carbocycles. The number of benzene rings is 4. The lowest BCUT2D eigenvalue weighted by Crippen LogP contribution is -2.70. The second-order valence-electron chi connectivity index (χ2n) is 18.5. The molecule has 0 saturated heterocycles. The van der Waals surface area contributed by atoms with Gasteiger partial charge in [0, 0.05) is 43.6 Å². The van der Waals surface area contributed by atoms with Crippen LogP contribution < -0.4 is 9.47 Å². The average molecular weight is 845 g/mol. The third kappa shape index (κ3) is 9.33. The van der Waals surface area contributed by atoms with Crippen molar-refractivity contribution in [2.24, 2.45) is 28.8 Å². The van der Waals surface area contributed by atoms with Gasteiger partial charge in [-0.05, 0) is 136 Å². The summed E-state index contributed by atoms with van der Waals surface area (Å²) in [6.07, 6.45) is 10.6. The molecule has 62 heavy (non-hydrogen) atoms. The van der Waals surface area contributed by atoms with Gasteiger partial charge < -0.3 is 34.2 Å². The first-order valence-corrected chi connectivity index (χ1v) is 22.5. The smallest absolute Gasteiger partial charge is 0.239 e. The first-order valence-electron chi connectivity index (χ1n) is 22.5. The third-order valence-electron chi connectivity index (χ3n) is 12.9. The number of ether oxygens (including phenoxy) is 3. The van der Waals surface area contributed by atoms with Crippen LogP contribution in [-0.4, -0.2) is 64.0 Å². The minimum Gasteiger partial charge on any atom is -0.459 e. The molecule has 8 rings (SSSR count). The number of aliphatic hydroxyl groups excluding tert-OH is 2. The second-order valence-corrected chi connectivity index (χ2v) is 18.5. The van der Waals surface area contributed by atoms with Crippen LogP contribution >= 0.6 is 0 Å². The van der Waals surface area contributed by atoms with Gasteiger partial charge in [0.2, 0.25) is 11.7 Å². The van der Waals surface area contributed by atoms with E-state index in [2.05, 4.69) is 36.9 Å². The molecule has 6 atom stereocenters. The maximum atomic E-state index is 14.8. The van der Waals surface area contributed by atoms with Crippen molar-refractivity contribution in [3.63, 3.8) is 0 Å². The highest BCUT2D eigenvalue weighted by Gasteiger charge is 2.66. The van der Waals surface area contributed by atoms with Crippen molar-refractivity contribution in [3.05, 3.63) is 126 Å². The van der Waals surface area contributed by atoms with Crippen molar-refractivity contribution < 1.29 is 38.4 Å². The molecule has 4 aromatic carbocycles. The summed E-state index contributed by atoms with van der Waals surface area (Å²) in [5.74, 6) is -0.331. The Bertz CT molecular complexity index is 2280. The summed E-state index contributed by atoms with van der Waals surface area (Å²) in [6.45, 7) is 10.6. The molecule has 1 heterocycles. The zero-order valence-corrected chi connectivity index (χ0v) is 36.3. The predicted molar refractivity (Wildman–Crippen MR) is 239 cm³/mol. The number of nitrogens with zero attached hydrogens (tertiary/aromatic N) is 2. The number of carbonyl (C=O) groups excluding carboxylic acids is 1. The molecule has 1 aliphatic heterocycles. The monoisotopic (exact) mass is 844 g/mol. The van der Waals surface area contributed by atoms with Crippen LogP contribution in [0.1, 0.15) is 95.6 Å². The molecule has 10 heteroatoms. The Morgan fingerprint density at radius 3 is 2.35 bits per heavy atom. The van der Waals surface area contributed by atoms with Crippen LogP contribution in [0.15, 0.2) is 114 Å². The Balaban J connectivity index is 1.33. The molecule has 0 aromatic heterocycles. The number of fused-ring (bicyclic) bond motifs is 3. The summed E-state index contributed by atoms with van der Waals surface area (Å²) in [5, 5.41) is 27.1. The highest BCUT2D eigenvalue weighted by Crippen LogP contribution is 2.62. The van der Waals surface area contributed by atoms with Crippen molar-refractivity contribution in [1.29, 1.82) is 0 Å². The number of halogens is 1. The van der Waals surface area contributed by atoms with E-state index in [1.807, 2.05) is 62.1 Å². The first kappa shape index (κ1) is 43.6. The van der Waals surface area contributed by atoms with E-state index < -0.39 is 23.3 Å². The standard InChI is InChI=1S/C52H61FN2O7/c1-5-28-59-52-47(55(50(58)36-18-19-36)33-34-16-21-39(53)22-17-34)32-45(54-62-51(2,3)4)43-30-38(14-8-10-26-56)42(15-9-11-27-57)48(49(43)52)44-31-41(24-25-46(44)61-52)60-40-23-20-35-12-6-7-13-37(35)29-40/h5-7,12-13,16-17,20-25,29-31,36,38,42,47-49,56-57H,1,8-11,14-15,18-19,26-28,32-33H2,2-4H3. The highest BCUT2D eigenvalue weighted by molar-refractivity contribution is 6.03. The van der Waals surface area contributed by atoms with Gasteiger partial charge in [0.1, 0.15) is 34.7 Å². The number of hydrogen-bond donors (Lipinski definition) is 2. The van der Waals surface area contributed by atoms with E-state index >= 15 is 0 Å². The lowest BCUT2D eigenvalue weighted by molar-refractivity contribution is -0.258. The SMILES string of the molecule is C=CCOC12Oc3ccc(Oc4ccc5ccccc5c4)cc3C3C(CCCCO)C(CCCCO)C=C(C(=NOC(C)(C)C)CC1N(Cc1ccc(F)cc1)C(=O)C1CC1)C32. The number of carbonyl (C=O) groups is 1. The molecule has 1 amide bonds. The first-order chi connectivity index (χ1) is 30.0. The van der Waals surface area contributed by atoms with Crippen molar-refractivity contribution in [1.82, 2.24) is 4.90 Å². The van der Waals surface area contributed by atoms with Crippen molar-refractivity contribution in [3.8, 4) is 17.2 Å². The number of unbranched alkanes of at least 4 members (excludes halogenated alkanes) is 2. The number of oxime groups is 1. The van der Waals surface area contributed by atoms with Crippen molar-refractivity contribution >= 4 is 22.4 Å². The lowest BCUT2D eigenvalue weighted by atomic mass is 9.55. The molecule has 4 aromatic rings. The van der Waals surface area contributed by atoms with Gasteiger partial charge in [0.15, 0.2) is 0 Å². The highest BCUT2D eigenvalue weighted by atomic mass is 19.1. The Morgan fingerprint density at radius 2 is 1.65 bits per heavy atom. The van der Waals surface area contributed by atoms with Crippen LogP contribution in [0.5, 0.6) is 17.2 Å². The molecule has 6 unspecified atom stereocenters. The van der Waals surface area contributed by atoms with E-state index in [-0.39, 0.29) is 61.8 Å². The molecule has 328 valence electrons. The quantitative estimate of drug-likeness (QED) is 0.0583. The zero-order chi connectivity index (χ0) is 43.4. The van der Waals surface area contributed by atoms with Gasteiger partial charge in [0.25, 0.3) is 0 Å². The number of allylic oxidation sites excluding steroid dienone is 1. The molecule has 2 N–H and O–H groups in total. The van der Waals surface area contributed by atoms with E-state index in [4.69, 9.17) is 24.2 Å². The Morgan fingerprint density at radius 1 is 0.935 bits per heavy atom. The molecule has 9 nitrogen and oxygen atoms in total. The molecular weight excluding hydrogens is 784 g/mol. The van der Waals surface area contributed by atoms with Gasteiger partial charge in [-0.3, -0.25) is 4.79 Å². The molecule has 0 spiro atoms. The summed E-state index contributed by atoms with van der Waals surface area (Å²) >= 11 is 0. The number of amides is 1. The topological polar surface area (TPSA) is 110 Å². The summed E-state index contributed by atoms with van der Waals surface area (Å²) < 4.78 is 35.5. The van der Waals surface area contributed by atoms with E-state index in [0.717, 1.165) is 77.5 Å². The van der Waals surface area contributed by atoms with E-state index in [9.17, 15) is 19.4 Å². The zero-order valence-electron chi connectivity index (χ0n) is 36.3. The fourth-order valence-corrected chi connectivity index (χ4v) is 9.96. The van der Waals surface area contributed by atoms with Crippen LogP contribution in [-0.2, 0) is 20.9 Å². The molecular formula is C52H61FN2O7. The van der Waals surface area contributed by atoms with Crippen LogP contribution in [0.4, 0.5) is 4.39 Å². The second kappa shape index (κ2) is 18.8. The van der Waals surface area contributed by atoms with E-state index in [0.29, 0.717) is 30.8 Å². The molecule has 4 aliphatic rings. The van der Waals surface area contributed by atoms with Gasteiger partial charge in [-0.25, -0.2) is 4.39 Å². The third-order valence-corrected chi connectivity index (χ3v) is 12.9. The predicted octanol–water partition coefficient (Wildman–Crippen LogP) is 10.6. The maximum absolute atomic E-state index is 14.8. The van der Waals surface area contributed by atoms with Gasteiger partial charge in [-0.15, -0.1) is 6.58 Å². The van der Waals surface area contributed by atoms with Crippen LogP contribution in [0.3, 0.4) is 0 Å². The fourth-order valence-electron chi connectivity index (χ4n) is 9.96. The molecule has 3 aliphatic carbocycles. The minimum atomic E-state index is -1.39. The maximum Gasteiger partial charge on any atom is 0.239 e. The average Bonchev–Trinajstić information content (AvgIpc) is 4.12. The fraction of sp³-hybridized carbons (Fsp3) is 0.462.